The van der Waals surface area contributed by atoms with Crippen molar-refractivity contribution in [1.82, 2.24) is 9.55 Å². The van der Waals surface area contributed by atoms with E-state index >= 15 is 0 Å². The van der Waals surface area contributed by atoms with Gasteiger partial charge in [-0.3, -0.25) is 9.13 Å². The molecule has 0 radical (unpaired) electrons. The second-order valence-electron chi connectivity index (χ2n) is 6.13. The molecular formula is C16H30N3O6P. The van der Waals surface area contributed by atoms with Crippen LogP contribution in [0, 0.1) is 0 Å². The SMILES string of the molecule is CCCCCCCCOP(=O)(O)CO[C@H](CO)Cn1ccc(N)nc1=O. The third-order valence-electron chi connectivity index (χ3n) is 3.76. The van der Waals surface area contributed by atoms with Crippen molar-refractivity contribution in [3.63, 3.8) is 0 Å². The highest BCUT2D eigenvalue weighted by Crippen LogP contribution is 2.42. The minimum Gasteiger partial charge on any atom is -0.394 e. The van der Waals surface area contributed by atoms with E-state index in [9.17, 15) is 19.4 Å². The summed E-state index contributed by atoms with van der Waals surface area (Å²) in [4.78, 5) is 25.0. The molecule has 0 amide bonds. The van der Waals surface area contributed by atoms with Gasteiger partial charge in [-0.2, -0.15) is 4.98 Å². The zero-order chi connectivity index (χ0) is 19.4. The van der Waals surface area contributed by atoms with Gasteiger partial charge < -0.3 is 25.0 Å². The zero-order valence-corrected chi connectivity index (χ0v) is 16.1. The summed E-state index contributed by atoms with van der Waals surface area (Å²) >= 11 is 0. The molecule has 0 aliphatic carbocycles. The number of nitrogens with two attached hydrogens (primary N) is 1. The molecule has 10 heteroatoms. The van der Waals surface area contributed by atoms with E-state index in [1.807, 2.05) is 0 Å². The summed E-state index contributed by atoms with van der Waals surface area (Å²) in [6.45, 7) is 1.90. The van der Waals surface area contributed by atoms with Crippen molar-refractivity contribution in [2.45, 2.75) is 58.1 Å². The van der Waals surface area contributed by atoms with E-state index in [2.05, 4.69) is 11.9 Å². The third kappa shape index (κ3) is 9.45. The Kier molecular flexibility index (Phi) is 10.7. The Morgan fingerprint density at radius 2 is 2.00 bits per heavy atom. The number of rotatable bonds is 14. The molecule has 1 aromatic rings. The molecule has 150 valence electrons. The first-order chi connectivity index (χ1) is 12.4. The van der Waals surface area contributed by atoms with Crippen LogP contribution in [-0.4, -0.2) is 45.2 Å². The first-order valence-corrected chi connectivity index (χ1v) is 10.7. The van der Waals surface area contributed by atoms with Gasteiger partial charge in [-0.1, -0.05) is 39.0 Å². The van der Waals surface area contributed by atoms with Gasteiger partial charge in [0.2, 0.25) is 0 Å². The molecule has 1 aromatic heterocycles. The highest BCUT2D eigenvalue weighted by atomic mass is 31.2. The van der Waals surface area contributed by atoms with E-state index in [4.69, 9.17) is 15.0 Å². The monoisotopic (exact) mass is 391 g/mol. The van der Waals surface area contributed by atoms with E-state index in [1.165, 1.54) is 29.7 Å². The average molecular weight is 391 g/mol. The number of hydrogen-bond donors (Lipinski definition) is 3. The summed E-state index contributed by atoms with van der Waals surface area (Å²) < 4.78 is 23.4. The Balaban J connectivity index is 2.34. The molecule has 1 unspecified atom stereocenters. The van der Waals surface area contributed by atoms with Gasteiger partial charge in [0.25, 0.3) is 0 Å². The lowest BCUT2D eigenvalue weighted by Crippen LogP contribution is -2.32. The molecule has 0 aliphatic rings. The van der Waals surface area contributed by atoms with Crippen LogP contribution in [0.1, 0.15) is 45.4 Å². The Hall–Kier alpha value is -1.25. The normalized spacial score (nSPS) is 14.9. The van der Waals surface area contributed by atoms with Crippen molar-refractivity contribution in [3.8, 4) is 0 Å². The number of unbranched alkanes of at least 4 members (excludes halogenated alkanes) is 5. The Labute approximate surface area is 153 Å². The summed E-state index contributed by atoms with van der Waals surface area (Å²) in [7, 11) is -3.90. The van der Waals surface area contributed by atoms with Gasteiger partial charge >= 0.3 is 13.3 Å². The van der Waals surface area contributed by atoms with Crippen molar-refractivity contribution < 1.29 is 23.8 Å². The molecule has 9 nitrogen and oxygen atoms in total. The van der Waals surface area contributed by atoms with Gasteiger partial charge in [0.1, 0.15) is 12.2 Å². The number of aliphatic hydroxyl groups is 1. The van der Waals surface area contributed by atoms with Gasteiger partial charge in [0, 0.05) is 6.20 Å². The number of nitrogens with zero attached hydrogens (tertiary/aromatic N) is 2. The fraction of sp³-hybridized carbons (Fsp3) is 0.750. The molecule has 2 atom stereocenters. The van der Waals surface area contributed by atoms with Crippen LogP contribution in [0.2, 0.25) is 0 Å². The largest absolute Gasteiger partial charge is 0.394 e. The van der Waals surface area contributed by atoms with Crippen LogP contribution in [0.15, 0.2) is 17.1 Å². The Morgan fingerprint density at radius 1 is 1.31 bits per heavy atom. The van der Waals surface area contributed by atoms with Crippen LogP contribution in [0.25, 0.3) is 0 Å². The van der Waals surface area contributed by atoms with Crippen LogP contribution in [0.3, 0.4) is 0 Å². The van der Waals surface area contributed by atoms with Crippen molar-refractivity contribution in [2.24, 2.45) is 0 Å². The summed E-state index contributed by atoms with van der Waals surface area (Å²) in [5, 5.41) is 9.35. The molecule has 26 heavy (non-hydrogen) atoms. The lowest BCUT2D eigenvalue weighted by atomic mass is 10.1. The summed E-state index contributed by atoms with van der Waals surface area (Å²) in [5.41, 5.74) is 4.82. The number of ether oxygens (including phenoxy) is 1. The number of aliphatic hydroxyl groups excluding tert-OH is 1. The Morgan fingerprint density at radius 3 is 2.65 bits per heavy atom. The molecule has 0 saturated carbocycles. The minimum atomic E-state index is -3.90. The van der Waals surface area contributed by atoms with Crippen molar-refractivity contribution in [2.75, 3.05) is 25.3 Å². The smallest absolute Gasteiger partial charge is 0.353 e. The van der Waals surface area contributed by atoms with Gasteiger partial charge in [0.05, 0.1) is 25.9 Å². The van der Waals surface area contributed by atoms with Gasteiger partial charge in [-0.25, -0.2) is 4.79 Å². The predicted molar refractivity (Wildman–Crippen MR) is 98.9 cm³/mol. The highest BCUT2D eigenvalue weighted by molar-refractivity contribution is 7.52. The Bertz CT molecular complexity index is 624. The number of aromatic nitrogens is 2. The molecular weight excluding hydrogens is 361 g/mol. The average Bonchev–Trinajstić information content (AvgIpc) is 2.59. The van der Waals surface area contributed by atoms with E-state index < -0.39 is 32.3 Å². The van der Waals surface area contributed by atoms with E-state index in [-0.39, 0.29) is 19.0 Å². The third-order valence-corrected chi connectivity index (χ3v) is 4.83. The van der Waals surface area contributed by atoms with Crippen LogP contribution in [0.4, 0.5) is 5.82 Å². The molecule has 0 saturated heterocycles. The molecule has 0 bridgehead atoms. The first-order valence-electron chi connectivity index (χ1n) is 8.89. The van der Waals surface area contributed by atoms with Crippen molar-refractivity contribution >= 4 is 13.4 Å². The number of nitrogen functional groups attached to an aromatic ring is 1. The molecule has 4 N–H and O–H groups in total. The predicted octanol–water partition coefficient (Wildman–Crippen LogP) is 1.72. The van der Waals surface area contributed by atoms with Gasteiger partial charge in [-0.15, -0.1) is 0 Å². The van der Waals surface area contributed by atoms with E-state index in [0.717, 1.165) is 19.3 Å². The summed E-state index contributed by atoms with van der Waals surface area (Å²) in [5.74, 6) is 0.0932. The zero-order valence-electron chi connectivity index (χ0n) is 15.2. The highest BCUT2D eigenvalue weighted by Gasteiger charge is 2.22. The molecule has 0 aliphatic heterocycles. The fourth-order valence-electron chi connectivity index (χ4n) is 2.29. The van der Waals surface area contributed by atoms with Crippen LogP contribution >= 0.6 is 7.60 Å². The quantitative estimate of drug-likeness (QED) is 0.322. The second kappa shape index (κ2) is 12.2. The molecule has 0 aromatic carbocycles. The summed E-state index contributed by atoms with van der Waals surface area (Å²) in [6.07, 6.45) is 6.31. The van der Waals surface area contributed by atoms with E-state index in [0.29, 0.717) is 6.42 Å². The standard InChI is InChI=1S/C16H30N3O6P/c1-2-3-4-5-6-7-10-25-26(22,23)13-24-14(12-20)11-19-9-8-15(17)18-16(19)21/h8-9,14,20H,2-7,10-13H2,1H3,(H,22,23)(H2,17,18,21)/t14-/m0/s1. The molecule has 0 fully saturated rings. The van der Waals surface area contributed by atoms with Crippen molar-refractivity contribution in [1.29, 1.82) is 0 Å². The lowest BCUT2D eigenvalue weighted by Gasteiger charge is -2.19. The maximum absolute atomic E-state index is 12.0. The van der Waals surface area contributed by atoms with E-state index in [1.54, 1.807) is 0 Å². The molecule has 1 heterocycles. The van der Waals surface area contributed by atoms with Crippen molar-refractivity contribution in [3.05, 3.63) is 22.7 Å². The fourth-order valence-corrected chi connectivity index (χ4v) is 3.18. The molecule has 1 rings (SSSR count). The van der Waals surface area contributed by atoms with Crippen LogP contribution < -0.4 is 11.4 Å². The van der Waals surface area contributed by atoms with Gasteiger partial charge in [-0.05, 0) is 12.5 Å². The van der Waals surface area contributed by atoms with Crippen LogP contribution in [-0.2, 0) is 20.4 Å². The van der Waals surface area contributed by atoms with Crippen LogP contribution in [0.5, 0.6) is 0 Å². The lowest BCUT2D eigenvalue weighted by molar-refractivity contribution is 0.0167. The van der Waals surface area contributed by atoms with Gasteiger partial charge in [0.15, 0.2) is 0 Å². The second-order valence-corrected chi connectivity index (χ2v) is 7.92. The number of hydrogen-bond acceptors (Lipinski definition) is 7. The summed E-state index contributed by atoms with van der Waals surface area (Å²) in [6, 6.07) is 1.44. The molecule has 0 spiro atoms. The topological polar surface area (TPSA) is 137 Å². The first kappa shape index (κ1) is 22.8. The minimum absolute atomic E-state index is 0.0138. The number of anilines is 1. The maximum atomic E-state index is 12.0. The maximum Gasteiger partial charge on any atom is 0.353 e.